The molecule has 0 saturated carbocycles. The van der Waals surface area contributed by atoms with E-state index < -0.39 is 23.2 Å². The van der Waals surface area contributed by atoms with Gasteiger partial charge in [-0.3, -0.25) is 24.8 Å². The maximum Gasteiger partial charge on any atom is 0.267 e. The van der Waals surface area contributed by atoms with Crippen molar-refractivity contribution in [2.45, 2.75) is 5.72 Å². The third kappa shape index (κ3) is 2.09. The fourth-order valence-corrected chi connectivity index (χ4v) is 2.20. The quantitative estimate of drug-likeness (QED) is 0.421. The molecule has 7 heteroatoms. The van der Waals surface area contributed by atoms with Crippen molar-refractivity contribution in [1.82, 2.24) is 15.8 Å². The summed E-state index contributed by atoms with van der Waals surface area (Å²) in [7, 11) is 0. The summed E-state index contributed by atoms with van der Waals surface area (Å²) < 4.78 is 0. The number of carbonyl (C=O) groups is 3. The van der Waals surface area contributed by atoms with E-state index in [9.17, 15) is 19.5 Å². The first kappa shape index (κ1) is 14.1. The Morgan fingerprint density at radius 2 is 1.68 bits per heavy atom. The number of hydrazine groups is 1. The first-order valence-electron chi connectivity index (χ1n) is 6.42. The lowest BCUT2D eigenvalue weighted by Gasteiger charge is -2.20. The van der Waals surface area contributed by atoms with Gasteiger partial charge < -0.3 is 5.11 Å². The molecule has 22 heavy (non-hydrogen) atoms. The van der Waals surface area contributed by atoms with E-state index in [2.05, 4.69) is 15.8 Å². The van der Waals surface area contributed by atoms with Gasteiger partial charge >= 0.3 is 0 Å². The lowest BCUT2D eigenvalue weighted by molar-refractivity contribution is 0.0138. The van der Waals surface area contributed by atoms with Crippen LogP contribution >= 0.6 is 0 Å². The van der Waals surface area contributed by atoms with Crippen molar-refractivity contribution in [3.05, 3.63) is 65.5 Å². The van der Waals surface area contributed by atoms with Gasteiger partial charge in [0.25, 0.3) is 11.6 Å². The van der Waals surface area contributed by atoms with Crippen LogP contribution in [0, 0.1) is 0 Å². The van der Waals surface area contributed by atoms with Gasteiger partial charge in [0.2, 0.25) is 11.6 Å². The third-order valence-corrected chi connectivity index (χ3v) is 3.35. The molecule has 0 radical (unpaired) electrons. The van der Waals surface area contributed by atoms with E-state index in [1.807, 2.05) is 0 Å². The predicted molar refractivity (Wildman–Crippen MR) is 74.9 cm³/mol. The molecule has 0 aliphatic heterocycles. The summed E-state index contributed by atoms with van der Waals surface area (Å²) in [6, 6.07) is 9.12. The molecule has 0 spiro atoms. The fraction of sp³-hybridized carbons (Fsp3) is 0.0667. The average Bonchev–Trinajstić information content (AvgIpc) is 2.76. The molecule has 1 heterocycles. The Bertz CT molecular complexity index is 738. The van der Waals surface area contributed by atoms with Crippen LogP contribution < -0.4 is 10.9 Å². The minimum atomic E-state index is -2.50. The molecule has 110 valence electrons. The second-order valence-electron chi connectivity index (χ2n) is 4.74. The van der Waals surface area contributed by atoms with Crippen molar-refractivity contribution in [2.24, 2.45) is 0 Å². The monoisotopic (exact) mass is 297 g/mol. The number of amides is 1. The highest BCUT2D eigenvalue weighted by atomic mass is 16.3. The Hall–Kier alpha value is -2.90. The van der Waals surface area contributed by atoms with Crippen LogP contribution in [0.4, 0.5) is 0 Å². The molecule has 7 nitrogen and oxygen atoms in total. The highest BCUT2D eigenvalue weighted by molar-refractivity contribution is 6.31. The van der Waals surface area contributed by atoms with Gasteiger partial charge in [0, 0.05) is 23.5 Å². The number of nitrogens with one attached hydrogen (secondary N) is 2. The predicted octanol–water partition coefficient (Wildman–Crippen LogP) is 0.0838. The summed E-state index contributed by atoms with van der Waals surface area (Å²) in [5.74, 6) is -2.24. The zero-order valence-electron chi connectivity index (χ0n) is 11.2. The number of carbonyl (C=O) groups excluding carboxylic acids is 3. The van der Waals surface area contributed by atoms with E-state index in [0.29, 0.717) is 0 Å². The summed E-state index contributed by atoms with van der Waals surface area (Å²) in [5.41, 5.74) is 2.23. The zero-order chi connectivity index (χ0) is 15.7. The second-order valence-corrected chi connectivity index (χ2v) is 4.74. The molecule has 1 aromatic carbocycles. The number of pyridine rings is 1. The minimum absolute atomic E-state index is 0.109. The Morgan fingerprint density at radius 1 is 1.05 bits per heavy atom. The van der Waals surface area contributed by atoms with Crippen LogP contribution in [0.25, 0.3) is 0 Å². The van der Waals surface area contributed by atoms with E-state index in [1.165, 1.54) is 30.6 Å². The number of rotatable bonds is 3. The minimum Gasteiger partial charge on any atom is -0.361 e. The van der Waals surface area contributed by atoms with Crippen LogP contribution in [0.3, 0.4) is 0 Å². The topological polar surface area (TPSA) is 108 Å². The highest BCUT2D eigenvalue weighted by Gasteiger charge is 2.52. The SMILES string of the molecule is O=C(NNC1(O)C(=O)c2ccccc2C1=O)c1cccnc1. The summed E-state index contributed by atoms with van der Waals surface area (Å²) in [5, 5.41) is 10.3. The average molecular weight is 297 g/mol. The second kappa shape index (κ2) is 5.14. The number of Topliss-reactive ketones (excluding diaryl/α,β-unsaturated/α-hetero) is 2. The normalized spacial score (nSPS) is 15.5. The van der Waals surface area contributed by atoms with Crippen LogP contribution in [-0.2, 0) is 0 Å². The van der Waals surface area contributed by atoms with Crippen LogP contribution in [0.1, 0.15) is 31.1 Å². The molecular formula is C15H11N3O4. The lowest BCUT2D eigenvalue weighted by atomic mass is 10.1. The van der Waals surface area contributed by atoms with Crippen molar-refractivity contribution in [2.75, 3.05) is 0 Å². The molecule has 3 N–H and O–H groups in total. The molecule has 0 saturated heterocycles. The van der Waals surface area contributed by atoms with Gasteiger partial charge in [0.1, 0.15) is 0 Å². The van der Waals surface area contributed by atoms with Crippen molar-refractivity contribution in [1.29, 1.82) is 0 Å². The third-order valence-electron chi connectivity index (χ3n) is 3.35. The van der Waals surface area contributed by atoms with Crippen molar-refractivity contribution in [3.8, 4) is 0 Å². The van der Waals surface area contributed by atoms with Gasteiger partial charge in [-0.2, -0.15) is 5.43 Å². The molecule has 1 aliphatic rings. The van der Waals surface area contributed by atoms with E-state index in [-0.39, 0.29) is 16.7 Å². The van der Waals surface area contributed by atoms with Gasteiger partial charge in [-0.15, -0.1) is 0 Å². The molecule has 0 atom stereocenters. The first-order chi connectivity index (χ1) is 10.5. The van der Waals surface area contributed by atoms with Gasteiger partial charge in [-0.1, -0.05) is 24.3 Å². The number of hydrogen-bond donors (Lipinski definition) is 3. The van der Waals surface area contributed by atoms with Crippen LogP contribution in [0.2, 0.25) is 0 Å². The number of hydrogen-bond acceptors (Lipinski definition) is 6. The van der Waals surface area contributed by atoms with E-state index >= 15 is 0 Å². The summed E-state index contributed by atoms with van der Waals surface area (Å²) in [6.07, 6.45) is 2.81. The van der Waals surface area contributed by atoms with Crippen molar-refractivity contribution >= 4 is 17.5 Å². The number of aromatic nitrogens is 1. The fourth-order valence-electron chi connectivity index (χ4n) is 2.20. The van der Waals surface area contributed by atoms with Crippen molar-refractivity contribution in [3.63, 3.8) is 0 Å². The van der Waals surface area contributed by atoms with Crippen molar-refractivity contribution < 1.29 is 19.5 Å². The van der Waals surface area contributed by atoms with Gasteiger partial charge in [-0.25, -0.2) is 0 Å². The largest absolute Gasteiger partial charge is 0.361 e. The van der Waals surface area contributed by atoms with Crippen LogP contribution in [0.15, 0.2) is 48.8 Å². The lowest BCUT2D eigenvalue weighted by Crippen LogP contribution is -2.61. The summed E-state index contributed by atoms with van der Waals surface area (Å²) in [6.45, 7) is 0. The van der Waals surface area contributed by atoms with Gasteiger partial charge in [0.05, 0.1) is 5.56 Å². The molecule has 0 fully saturated rings. The molecule has 1 aliphatic carbocycles. The Labute approximate surface area is 125 Å². The molecule has 1 aromatic heterocycles. The zero-order valence-corrected chi connectivity index (χ0v) is 11.2. The van der Waals surface area contributed by atoms with E-state index in [4.69, 9.17) is 0 Å². The van der Waals surface area contributed by atoms with Crippen LogP contribution in [0.5, 0.6) is 0 Å². The number of fused-ring (bicyclic) bond motifs is 1. The number of nitrogens with zero attached hydrogens (tertiary/aromatic N) is 1. The Balaban J connectivity index is 1.80. The molecule has 2 aromatic rings. The first-order valence-corrected chi connectivity index (χ1v) is 6.42. The van der Waals surface area contributed by atoms with E-state index in [0.717, 1.165) is 0 Å². The maximum absolute atomic E-state index is 12.2. The highest BCUT2D eigenvalue weighted by Crippen LogP contribution is 2.27. The van der Waals surface area contributed by atoms with E-state index in [1.54, 1.807) is 18.2 Å². The number of ketones is 2. The molecule has 3 rings (SSSR count). The summed E-state index contributed by atoms with van der Waals surface area (Å²) in [4.78, 5) is 40.0. The number of aliphatic hydroxyl groups is 1. The number of benzene rings is 1. The summed E-state index contributed by atoms with van der Waals surface area (Å²) >= 11 is 0. The molecule has 0 unspecified atom stereocenters. The molecular weight excluding hydrogens is 286 g/mol. The molecule has 0 bridgehead atoms. The van der Waals surface area contributed by atoms with Gasteiger partial charge in [-0.05, 0) is 12.1 Å². The standard InChI is InChI=1S/C15H11N3O4/c19-12-10-5-1-2-6-11(10)13(20)15(12,22)18-17-14(21)9-4-3-7-16-8-9/h1-8,18,22H,(H,17,21). The Morgan fingerprint density at radius 3 is 2.23 bits per heavy atom. The molecule has 1 amide bonds. The Kier molecular flexibility index (Phi) is 3.28. The smallest absolute Gasteiger partial charge is 0.267 e. The van der Waals surface area contributed by atoms with Crippen LogP contribution in [-0.4, -0.2) is 33.3 Å². The maximum atomic E-state index is 12.2. The van der Waals surface area contributed by atoms with Gasteiger partial charge in [0.15, 0.2) is 0 Å².